The molecule has 0 amide bonds. The summed E-state index contributed by atoms with van der Waals surface area (Å²) in [6.45, 7) is 2.14. The molecule has 12 heavy (non-hydrogen) atoms. The maximum absolute atomic E-state index is 5.13. The normalized spacial score (nSPS) is 11.0. The first-order valence-electron chi connectivity index (χ1n) is 3.94. The van der Waals surface area contributed by atoms with Crippen molar-refractivity contribution >= 4 is 11.3 Å². The third-order valence-corrected chi connectivity index (χ3v) is 2.75. The second kappa shape index (κ2) is 4.60. The van der Waals surface area contributed by atoms with Gasteiger partial charge in [0.1, 0.15) is 0 Å². The largest absolute Gasteiger partial charge is 0.351 e. The topological polar surface area (TPSA) is 18.5 Å². The molecule has 0 aromatic carbocycles. The molecule has 0 unspecified atom stereocenters. The lowest BCUT2D eigenvalue weighted by Crippen LogP contribution is -2.00. The highest BCUT2D eigenvalue weighted by Gasteiger charge is 2.10. The molecule has 1 aromatic heterocycles. The Morgan fingerprint density at radius 2 is 2.08 bits per heavy atom. The highest BCUT2D eigenvalue weighted by molar-refractivity contribution is 7.10. The van der Waals surface area contributed by atoms with Crippen molar-refractivity contribution in [3.8, 4) is 0 Å². The SMILES string of the molecule is CCc1csc(C(OC)OC)c1. The van der Waals surface area contributed by atoms with Gasteiger partial charge < -0.3 is 9.47 Å². The Labute approximate surface area is 77.1 Å². The van der Waals surface area contributed by atoms with E-state index in [0.717, 1.165) is 11.3 Å². The summed E-state index contributed by atoms with van der Waals surface area (Å²) in [7, 11) is 3.30. The molecular weight excluding hydrogens is 172 g/mol. The number of aryl methyl sites for hydroxylation is 1. The fourth-order valence-corrected chi connectivity index (χ4v) is 2.08. The van der Waals surface area contributed by atoms with Crippen molar-refractivity contribution in [2.75, 3.05) is 14.2 Å². The van der Waals surface area contributed by atoms with Crippen LogP contribution in [0.25, 0.3) is 0 Å². The molecule has 1 rings (SSSR count). The molecule has 0 atom stereocenters. The molecule has 68 valence electrons. The lowest BCUT2D eigenvalue weighted by atomic mass is 10.2. The molecule has 0 radical (unpaired) electrons. The first-order chi connectivity index (χ1) is 5.81. The van der Waals surface area contributed by atoms with Gasteiger partial charge in [-0.1, -0.05) is 6.92 Å². The number of rotatable bonds is 4. The van der Waals surface area contributed by atoms with E-state index in [1.165, 1.54) is 5.56 Å². The molecule has 0 bridgehead atoms. The van der Waals surface area contributed by atoms with Gasteiger partial charge in [0.2, 0.25) is 0 Å². The molecule has 0 spiro atoms. The summed E-state index contributed by atoms with van der Waals surface area (Å²) in [5, 5.41) is 2.14. The van der Waals surface area contributed by atoms with E-state index < -0.39 is 0 Å². The van der Waals surface area contributed by atoms with Crippen molar-refractivity contribution in [3.63, 3.8) is 0 Å². The van der Waals surface area contributed by atoms with E-state index in [2.05, 4.69) is 18.4 Å². The van der Waals surface area contributed by atoms with Gasteiger partial charge in [0.25, 0.3) is 0 Å². The van der Waals surface area contributed by atoms with E-state index in [0.29, 0.717) is 0 Å². The average molecular weight is 186 g/mol. The van der Waals surface area contributed by atoms with E-state index in [-0.39, 0.29) is 6.29 Å². The summed E-state index contributed by atoms with van der Waals surface area (Å²) in [4.78, 5) is 1.14. The fraction of sp³-hybridized carbons (Fsp3) is 0.556. The number of ether oxygens (including phenoxy) is 2. The smallest absolute Gasteiger partial charge is 0.192 e. The van der Waals surface area contributed by atoms with Gasteiger partial charge in [-0.15, -0.1) is 11.3 Å². The van der Waals surface area contributed by atoms with Gasteiger partial charge in [0.05, 0.1) is 4.88 Å². The Balaban J connectivity index is 2.72. The van der Waals surface area contributed by atoms with Gasteiger partial charge in [-0.2, -0.15) is 0 Å². The van der Waals surface area contributed by atoms with Crippen molar-refractivity contribution < 1.29 is 9.47 Å². The Hall–Kier alpha value is -0.380. The van der Waals surface area contributed by atoms with E-state index in [4.69, 9.17) is 9.47 Å². The van der Waals surface area contributed by atoms with Gasteiger partial charge in [-0.3, -0.25) is 0 Å². The van der Waals surface area contributed by atoms with E-state index in [1.54, 1.807) is 25.6 Å². The first-order valence-corrected chi connectivity index (χ1v) is 4.82. The maximum atomic E-state index is 5.13. The summed E-state index contributed by atoms with van der Waals surface area (Å²) in [6.07, 6.45) is 0.867. The van der Waals surface area contributed by atoms with Crippen LogP contribution in [0.4, 0.5) is 0 Å². The van der Waals surface area contributed by atoms with Crippen LogP contribution < -0.4 is 0 Å². The van der Waals surface area contributed by atoms with Crippen LogP contribution in [0.1, 0.15) is 23.7 Å². The third-order valence-electron chi connectivity index (χ3n) is 1.74. The van der Waals surface area contributed by atoms with E-state index >= 15 is 0 Å². The summed E-state index contributed by atoms with van der Waals surface area (Å²) < 4.78 is 10.3. The van der Waals surface area contributed by atoms with E-state index in [1.807, 2.05) is 0 Å². The molecule has 1 aromatic rings. The molecular formula is C9H14O2S. The Morgan fingerprint density at radius 3 is 2.50 bits per heavy atom. The van der Waals surface area contributed by atoms with Crippen molar-refractivity contribution in [1.82, 2.24) is 0 Å². The molecule has 1 heterocycles. The minimum absolute atomic E-state index is 0.199. The van der Waals surface area contributed by atoms with Gasteiger partial charge in [-0.25, -0.2) is 0 Å². The minimum atomic E-state index is -0.199. The summed E-state index contributed by atoms with van der Waals surface area (Å²) in [5.41, 5.74) is 1.34. The van der Waals surface area contributed by atoms with Crippen molar-refractivity contribution in [1.29, 1.82) is 0 Å². The van der Waals surface area contributed by atoms with Crippen molar-refractivity contribution in [2.45, 2.75) is 19.6 Å². The van der Waals surface area contributed by atoms with Gasteiger partial charge in [-0.05, 0) is 23.4 Å². The number of methoxy groups -OCH3 is 2. The second-order valence-corrected chi connectivity index (χ2v) is 3.46. The maximum Gasteiger partial charge on any atom is 0.192 e. The Bertz CT molecular complexity index is 228. The molecule has 0 saturated carbocycles. The molecule has 0 fully saturated rings. The van der Waals surface area contributed by atoms with Crippen LogP contribution in [0.2, 0.25) is 0 Å². The number of thiophene rings is 1. The van der Waals surface area contributed by atoms with Crippen LogP contribution >= 0.6 is 11.3 Å². The Morgan fingerprint density at radius 1 is 1.42 bits per heavy atom. The second-order valence-electron chi connectivity index (χ2n) is 2.51. The fourth-order valence-electron chi connectivity index (χ4n) is 1.03. The summed E-state index contributed by atoms with van der Waals surface area (Å²) in [6, 6.07) is 2.13. The first kappa shape index (κ1) is 9.71. The van der Waals surface area contributed by atoms with Crippen LogP contribution in [-0.4, -0.2) is 14.2 Å². The third kappa shape index (κ3) is 2.06. The highest BCUT2D eigenvalue weighted by atomic mass is 32.1. The van der Waals surface area contributed by atoms with Crippen LogP contribution in [-0.2, 0) is 15.9 Å². The molecule has 2 nitrogen and oxygen atoms in total. The quantitative estimate of drug-likeness (QED) is 0.673. The summed E-state index contributed by atoms with van der Waals surface area (Å²) >= 11 is 1.68. The predicted octanol–water partition coefficient (Wildman–Crippen LogP) is 2.60. The van der Waals surface area contributed by atoms with Crippen molar-refractivity contribution in [3.05, 3.63) is 21.9 Å². The van der Waals surface area contributed by atoms with Gasteiger partial charge in [0.15, 0.2) is 6.29 Å². The van der Waals surface area contributed by atoms with Crippen LogP contribution in [0, 0.1) is 0 Å². The zero-order valence-corrected chi connectivity index (χ0v) is 8.48. The molecule has 0 aliphatic heterocycles. The van der Waals surface area contributed by atoms with Gasteiger partial charge in [0, 0.05) is 14.2 Å². The highest BCUT2D eigenvalue weighted by Crippen LogP contribution is 2.25. The van der Waals surface area contributed by atoms with Crippen LogP contribution in [0.5, 0.6) is 0 Å². The average Bonchev–Trinajstić information content (AvgIpc) is 2.55. The standard InChI is InChI=1S/C9H14O2S/c1-4-7-5-8(12-6-7)9(10-2)11-3/h5-6,9H,4H2,1-3H3. The Kier molecular flexibility index (Phi) is 3.72. The number of hydrogen-bond donors (Lipinski definition) is 0. The lowest BCUT2D eigenvalue weighted by Gasteiger charge is -2.09. The molecule has 0 aliphatic rings. The zero-order valence-electron chi connectivity index (χ0n) is 7.66. The molecule has 3 heteroatoms. The molecule has 0 N–H and O–H groups in total. The van der Waals surface area contributed by atoms with Crippen molar-refractivity contribution in [2.24, 2.45) is 0 Å². The van der Waals surface area contributed by atoms with Gasteiger partial charge >= 0.3 is 0 Å². The minimum Gasteiger partial charge on any atom is -0.351 e. The lowest BCUT2D eigenvalue weighted by molar-refractivity contribution is -0.103. The zero-order chi connectivity index (χ0) is 8.97. The summed E-state index contributed by atoms with van der Waals surface area (Å²) in [5.74, 6) is 0. The van der Waals surface area contributed by atoms with E-state index in [9.17, 15) is 0 Å². The van der Waals surface area contributed by atoms with Crippen LogP contribution in [0.15, 0.2) is 11.4 Å². The number of hydrogen-bond acceptors (Lipinski definition) is 3. The molecule has 0 saturated heterocycles. The molecule has 0 aliphatic carbocycles. The predicted molar refractivity (Wildman–Crippen MR) is 50.5 cm³/mol. The van der Waals surface area contributed by atoms with Crippen LogP contribution in [0.3, 0.4) is 0 Å². The monoisotopic (exact) mass is 186 g/mol.